The lowest BCUT2D eigenvalue weighted by Gasteiger charge is -2.34. The summed E-state index contributed by atoms with van der Waals surface area (Å²) in [5.41, 5.74) is 2.94. The number of piperidine rings is 1. The minimum absolute atomic E-state index is 0.117. The minimum atomic E-state index is -3.72. The lowest BCUT2D eigenvalue weighted by Crippen LogP contribution is -2.39. The second-order valence-electron chi connectivity index (χ2n) is 6.82. The Morgan fingerprint density at radius 3 is 2.77 bits per heavy atom. The van der Waals surface area contributed by atoms with Gasteiger partial charge in [-0.05, 0) is 37.1 Å². The van der Waals surface area contributed by atoms with E-state index in [4.69, 9.17) is 4.74 Å². The number of aryl methyl sites for hydroxylation is 1. The first-order chi connectivity index (χ1) is 12.5. The van der Waals surface area contributed by atoms with Crippen molar-refractivity contribution in [1.82, 2.24) is 14.1 Å². The molecule has 1 unspecified atom stereocenters. The number of benzene rings is 1. The summed E-state index contributed by atoms with van der Waals surface area (Å²) < 4.78 is 48.6. The van der Waals surface area contributed by atoms with Crippen LogP contribution >= 0.6 is 0 Å². The van der Waals surface area contributed by atoms with E-state index in [1.165, 1.54) is 28.6 Å². The van der Waals surface area contributed by atoms with Crippen LogP contribution in [0.4, 0.5) is 4.39 Å². The third-order valence-electron chi connectivity index (χ3n) is 5.23. The predicted octanol–water partition coefficient (Wildman–Crippen LogP) is 2.55. The molecule has 2 aliphatic heterocycles. The highest BCUT2D eigenvalue weighted by molar-refractivity contribution is 7.89. The van der Waals surface area contributed by atoms with Gasteiger partial charge in [-0.1, -0.05) is 6.42 Å². The SMILES string of the molecule is Cn1nc(C2CCCCN2S(=O)(=O)c2ccc(F)cc2)c2c1CCOC2. The van der Waals surface area contributed by atoms with Gasteiger partial charge in [0.2, 0.25) is 10.0 Å². The lowest BCUT2D eigenvalue weighted by molar-refractivity contribution is 0.107. The van der Waals surface area contributed by atoms with E-state index in [-0.39, 0.29) is 10.9 Å². The monoisotopic (exact) mass is 379 g/mol. The maximum absolute atomic E-state index is 13.2. The number of hydrogen-bond acceptors (Lipinski definition) is 4. The second-order valence-corrected chi connectivity index (χ2v) is 8.71. The summed E-state index contributed by atoms with van der Waals surface area (Å²) in [5, 5.41) is 4.66. The van der Waals surface area contributed by atoms with Crippen molar-refractivity contribution in [2.75, 3.05) is 13.2 Å². The molecular weight excluding hydrogens is 357 g/mol. The van der Waals surface area contributed by atoms with E-state index in [0.717, 1.165) is 42.6 Å². The highest BCUT2D eigenvalue weighted by atomic mass is 32.2. The van der Waals surface area contributed by atoms with Crippen LogP contribution in [0.3, 0.4) is 0 Å². The maximum Gasteiger partial charge on any atom is 0.243 e. The molecule has 2 aromatic rings. The van der Waals surface area contributed by atoms with Crippen LogP contribution < -0.4 is 0 Å². The quantitative estimate of drug-likeness (QED) is 0.822. The molecule has 0 aliphatic carbocycles. The zero-order valence-corrected chi connectivity index (χ0v) is 15.5. The van der Waals surface area contributed by atoms with Crippen LogP contribution in [-0.4, -0.2) is 35.7 Å². The number of sulfonamides is 1. The molecule has 0 radical (unpaired) electrons. The molecule has 3 heterocycles. The molecule has 1 fully saturated rings. The van der Waals surface area contributed by atoms with Crippen molar-refractivity contribution in [2.45, 2.75) is 43.2 Å². The van der Waals surface area contributed by atoms with Crippen LogP contribution in [-0.2, 0) is 34.8 Å². The number of hydrogen-bond donors (Lipinski definition) is 0. The molecule has 0 spiro atoms. The molecule has 1 saturated heterocycles. The third kappa shape index (κ3) is 2.95. The van der Waals surface area contributed by atoms with E-state index in [1.54, 1.807) is 0 Å². The number of nitrogens with zero attached hydrogens (tertiary/aromatic N) is 3. The third-order valence-corrected chi connectivity index (χ3v) is 7.15. The van der Waals surface area contributed by atoms with E-state index in [2.05, 4.69) is 5.10 Å². The first kappa shape index (κ1) is 17.6. The van der Waals surface area contributed by atoms with Crippen LogP contribution in [0.25, 0.3) is 0 Å². The van der Waals surface area contributed by atoms with Gasteiger partial charge in [0.15, 0.2) is 0 Å². The molecule has 6 nitrogen and oxygen atoms in total. The zero-order chi connectivity index (χ0) is 18.3. The van der Waals surface area contributed by atoms with Crippen molar-refractivity contribution in [1.29, 1.82) is 0 Å². The Bertz CT molecular complexity index is 909. The summed E-state index contributed by atoms with van der Waals surface area (Å²) in [4.78, 5) is 0.117. The first-order valence-electron chi connectivity index (χ1n) is 8.88. The number of halogens is 1. The second kappa shape index (κ2) is 6.75. The van der Waals surface area contributed by atoms with Crippen molar-refractivity contribution in [3.8, 4) is 0 Å². The highest BCUT2D eigenvalue weighted by Crippen LogP contribution is 2.38. The molecule has 26 heavy (non-hydrogen) atoms. The van der Waals surface area contributed by atoms with Gasteiger partial charge in [-0.2, -0.15) is 9.40 Å². The molecule has 140 valence electrons. The summed E-state index contributed by atoms with van der Waals surface area (Å²) in [6.45, 7) is 1.57. The fraction of sp³-hybridized carbons (Fsp3) is 0.500. The number of rotatable bonds is 3. The standard InChI is InChI=1S/C18H22FN3O3S/c1-21-16-9-11-25-12-15(16)18(20-21)17-4-2-3-10-22(17)26(23,24)14-7-5-13(19)6-8-14/h5-8,17H,2-4,9-12H2,1H3. The van der Waals surface area contributed by atoms with Gasteiger partial charge in [0.1, 0.15) is 5.82 Å². The summed E-state index contributed by atoms with van der Waals surface area (Å²) in [6.07, 6.45) is 3.27. The molecule has 1 atom stereocenters. The Labute approximate surface area is 152 Å². The smallest absolute Gasteiger partial charge is 0.243 e. The number of fused-ring (bicyclic) bond motifs is 1. The molecule has 0 saturated carbocycles. The Morgan fingerprint density at radius 2 is 2.00 bits per heavy atom. The van der Waals surface area contributed by atoms with Crippen molar-refractivity contribution < 1.29 is 17.5 Å². The summed E-state index contributed by atoms with van der Waals surface area (Å²) >= 11 is 0. The fourth-order valence-corrected chi connectivity index (χ4v) is 5.57. The Morgan fingerprint density at radius 1 is 1.23 bits per heavy atom. The Kier molecular flexibility index (Phi) is 4.58. The molecule has 0 bridgehead atoms. The van der Waals surface area contributed by atoms with Gasteiger partial charge in [-0.3, -0.25) is 4.68 Å². The van der Waals surface area contributed by atoms with Crippen molar-refractivity contribution in [3.05, 3.63) is 47.0 Å². The van der Waals surface area contributed by atoms with Crippen LogP contribution in [0.15, 0.2) is 29.2 Å². The van der Waals surface area contributed by atoms with Gasteiger partial charge < -0.3 is 4.74 Å². The van der Waals surface area contributed by atoms with Crippen molar-refractivity contribution in [2.24, 2.45) is 7.05 Å². The molecular formula is C18H22FN3O3S. The van der Waals surface area contributed by atoms with Crippen molar-refractivity contribution in [3.63, 3.8) is 0 Å². The summed E-state index contributed by atoms with van der Waals surface area (Å²) in [5.74, 6) is -0.449. The first-order valence-corrected chi connectivity index (χ1v) is 10.3. The van der Waals surface area contributed by atoms with Gasteiger partial charge in [0.25, 0.3) is 0 Å². The van der Waals surface area contributed by atoms with Gasteiger partial charge in [-0.15, -0.1) is 0 Å². The van der Waals surface area contributed by atoms with Crippen LogP contribution in [0.5, 0.6) is 0 Å². The van der Waals surface area contributed by atoms with E-state index in [1.807, 2.05) is 11.7 Å². The molecule has 1 aromatic carbocycles. The minimum Gasteiger partial charge on any atom is -0.376 e. The van der Waals surface area contributed by atoms with E-state index >= 15 is 0 Å². The maximum atomic E-state index is 13.2. The lowest BCUT2D eigenvalue weighted by atomic mass is 9.97. The molecule has 1 aromatic heterocycles. The predicted molar refractivity (Wildman–Crippen MR) is 93.5 cm³/mol. The van der Waals surface area contributed by atoms with Gasteiger partial charge in [-0.25, -0.2) is 12.8 Å². The summed E-state index contributed by atoms with van der Waals surface area (Å²) in [6, 6.07) is 4.71. The van der Waals surface area contributed by atoms with Gasteiger partial charge in [0.05, 0.1) is 29.8 Å². The van der Waals surface area contributed by atoms with E-state index < -0.39 is 15.8 Å². The van der Waals surface area contributed by atoms with Gasteiger partial charge >= 0.3 is 0 Å². The molecule has 0 N–H and O–H groups in total. The van der Waals surface area contributed by atoms with Gasteiger partial charge in [0, 0.05) is 31.3 Å². The number of ether oxygens (including phenoxy) is 1. The largest absolute Gasteiger partial charge is 0.376 e. The average molecular weight is 379 g/mol. The van der Waals surface area contributed by atoms with Crippen LogP contribution in [0, 0.1) is 5.82 Å². The number of aromatic nitrogens is 2. The Balaban J connectivity index is 1.75. The Hall–Kier alpha value is -1.77. The zero-order valence-electron chi connectivity index (χ0n) is 14.7. The van der Waals surface area contributed by atoms with Crippen LogP contribution in [0.2, 0.25) is 0 Å². The van der Waals surface area contributed by atoms with E-state index in [0.29, 0.717) is 19.8 Å². The molecule has 0 amide bonds. The molecule has 2 aliphatic rings. The normalized spacial score (nSPS) is 21.5. The van der Waals surface area contributed by atoms with E-state index in [9.17, 15) is 12.8 Å². The average Bonchev–Trinajstić information content (AvgIpc) is 2.99. The molecule has 8 heteroatoms. The molecule has 4 rings (SSSR count). The van der Waals surface area contributed by atoms with Crippen LogP contribution in [0.1, 0.15) is 42.3 Å². The summed E-state index contributed by atoms with van der Waals surface area (Å²) in [7, 11) is -1.82. The highest BCUT2D eigenvalue weighted by Gasteiger charge is 2.38. The fourth-order valence-electron chi connectivity index (χ4n) is 3.91. The topological polar surface area (TPSA) is 64.4 Å². The van der Waals surface area contributed by atoms with Crippen molar-refractivity contribution >= 4 is 10.0 Å².